The van der Waals surface area contributed by atoms with Crippen molar-refractivity contribution in [3.63, 3.8) is 0 Å². The molecule has 0 radical (unpaired) electrons. The first-order valence-electron chi connectivity index (χ1n) is 13.2. The fraction of sp³-hybridized carbons (Fsp3) is 0.345. The molecule has 0 bridgehead atoms. The van der Waals surface area contributed by atoms with Gasteiger partial charge in [-0.1, -0.05) is 24.3 Å². The van der Waals surface area contributed by atoms with Crippen LogP contribution in [0.4, 0.5) is 0 Å². The van der Waals surface area contributed by atoms with Gasteiger partial charge in [-0.05, 0) is 43.4 Å². The Hall–Kier alpha value is -4.11. The Labute approximate surface area is 222 Å². The highest BCUT2D eigenvalue weighted by molar-refractivity contribution is 5.84. The number of methoxy groups -OCH3 is 1. The Morgan fingerprint density at radius 3 is 2.58 bits per heavy atom. The van der Waals surface area contributed by atoms with Crippen molar-refractivity contribution < 1.29 is 4.74 Å². The van der Waals surface area contributed by atoms with Crippen LogP contribution in [0.2, 0.25) is 0 Å². The summed E-state index contributed by atoms with van der Waals surface area (Å²) in [7, 11) is 3.74. The Kier molecular flexibility index (Phi) is 6.59. The normalized spacial score (nSPS) is 12.5. The highest BCUT2D eigenvalue weighted by Crippen LogP contribution is 2.39. The van der Waals surface area contributed by atoms with Gasteiger partial charge < -0.3 is 4.74 Å². The number of aryl methyl sites for hydroxylation is 5. The monoisotopic (exact) mass is 508 g/mol. The number of nitrogens with zero attached hydrogens (tertiary/aromatic N) is 8. The maximum Gasteiger partial charge on any atom is 0.134 e. The predicted octanol–water partition coefficient (Wildman–Crippen LogP) is 4.35. The van der Waals surface area contributed by atoms with Crippen LogP contribution in [0.1, 0.15) is 36.1 Å². The van der Waals surface area contributed by atoms with Crippen LogP contribution in [0, 0.1) is 0 Å². The third kappa shape index (κ3) is 4.65. The lowest BCUT2D eigenvalue weighted by Gasteiger charge is -2.16. The molecule has 0 atom stereocenters. The van der Waals surface area contributed by atoms with E-state index in [9.17, 15) is 0 Å². The predicted molar refractivity (Wildman–Crippen MR) is 145 cm³/mol. The van der Waals surface area contributed by atoms with E-state index in [1.165, 1.54) is 5.56 Å². The first kappa shape index (κ1) is 24.2. The summed E-state index contributed by atoms with van der Waals surface area (Å²) in [5.74, 6) is 0.783. The van der Waals surface area contributed by atoms with Crippen LogP contribution in [0.5, 0.6) is 0 Å². The van der Waals surface area contributed by atoms with E-state index in [0.717, 1.165) is 89.8 Å². The van der Waals surface area contributed by atoms with E-state index in [1.54, 1.807) is 7.11 Å². The summed E-state index contributed by atoms with van der Waals surface area (Å²) >= 11 is 0. The molecule has 9 heteroatoms. The summed E-state index contributed by atoms with van der Waals surface area (Å²) in [6, 6.07) is 10.7. The SMILES string of the molecule is CCn1ccc(Cc2ncc3c(n2)-c2c(nn(C)c2-c2ccc(-c4cnn(CCCOC)c4)cc2)CC3)n1. The third-order valence-corrected chi connectivity index (χ3v) is 7.12. The minimum absolute atomic E-state index is 0.610. The molecule has 0 fully saturated rings. The standard InChI is InChI=1S/C29H32N8O/c1-4-36-14-12-24(33-36)16-26-30-17-22-10-11-25-27(28(22)32-26)29(35(2)34-25)21-8-6-20(7-9-21)23-18-31-37(19-23)13-5-15-38-3/h6-9,12,14,17-19H,4-5,10-11,13,15-16H2,1-3H3. The molecule has 0 amide bonds. The molecule has 9 nitrogen and oxygen atoms in total. The van der Waals surface area contributed by atoms with E-state index in [-0.39, 0.29) is 0 Å². The van der Waals surface area contributed by atoms with Crippen molar-refractivity contribution in [2.75, 3.05) is 13.7 Å². The second-order valence-electron chi connectivity index (χ2n) is 9.71. The van der Waals surface area contributed by atoms with E-state index >= 15 is 0 Å². The van der Waals surface area contributed by atoms with Gasteiger partial charge >= 0.3 is 0 Å². The summed E-state index contributed by atoms with van der Waals surface area (Å²) in [4.78, 5) is 9.72. The Balaban J connectivity index is 1.30. The zero-order valence-corrected chi connectivity index (χ0v) is 22.1. The molecule has 0 saturated heterocycles. The van der Waals surface area contributed by atoms with Crippen LogP contribution in [0.15, 0.2) is 55.1 Å². The number of hydrogen-bond acceptors (Lipinski definition) is 6. The van der Waals surface area contributed by atoms with Gasteiger partial charge in [0.2, 0.25) is 0 Å². The molecule has 194 valence electrons. The van der Waals surface area contributed by atoms with E-state index in [2.05, 4.69) is 52.6 Å². The second-order valence-corrected chi connectivity index (χ2v) is 9.71. The summed E-state index contributed by atoms with van der Waals surface area (Å²) in [5.41, 5.74) is 9.81. The van der Waals surface area contributed by atoms with E-state index in [0.29, 0.717) is 6.42 Å². The van der Waals surface area contributed by atoms with Gasteiger partial charge in [0.25, 0.3) is 0 Å². The molecular formula is C29H32N8O. The average molecular weight is 509 g/mol. The van der Waals surface area contributed by atoms with Gasteiger partial charge in [0.15, 0.2) is 0 Å². The Morgan fingerprint density at radius 1 is 0.947 bits per heavy atom. The van der Waals surface area contributed by atoms with Crippen molar-refractivity contribution in [1.82, 2.24) is 39.3 Å². The molecule has 4 aromatic heterocycles. The molecule has 6 rings (SSSR count). The molecule has 1 aromatic carbocycles. The van der Waals surface area contributed by atoms with Gasteiger partial charge in [-0.3, -0.25) is 14.0 Å². The number of benzene rings is 1. The van der Waals surface area contributed by atoms with E-state index < -0.39 is 0 Å². The second kappa shape index (κ2) is 10.3. The maximum atomic E-state index is 5.15. The first-order chi connectivity index (χ1) is 18.6. The third-order valence-electron chi connectivity index (χ3n) is 7.12. The van der Waals surface area contributed by atoms with Gasteiger partial charge in [0, 0.05) is 69.1 Å². The summed E-state index contributed by atoms with van der Waals surface area (Å²) in [6.45, 7) is 4.51. The lowest BCUT2D eigenvalue weighted by atomic mass is 9.91. The summed E-state index contributed by atoms with van der Waals surface area (Å²) in [5, 5.41) is 14.0. The van der Waals surface area contributed by atoms with Crippen LogP contribution >= 0.6 is 0 Å². The molecule has 1 aliphatic carbocycles. The van der Waals surface area contributed by atoms with Crippen LogP contribution in [0.25, 0.3) is 33.6 Å². The molecule has 5 aromatic rings. The zero-order chi connectivity index (χ0) is 26.1. The minimum Gasteiger partial charge on any atom is -0.385 e. The molecule has 1 aliphatic rings. The van der Waals surface area contributed by atoms with Crippen molar-refractivity contribution in [2.24, 2.45) is 7.05 Å². The van der Waals surface area contributed by atoms with Crippen molar-refractivity contribution in [1.29, 1.82) is 0 Å². The number of hydrogen-bond donors (Lipinski definition) is 0. The fourth-order valence-electron chi connectivity index (χ4n) is 5.18. The van der Waals surface area contributed by atoms with Gasteiger partial charge in [-0.25, -0.2) is 9.97 Å². The van der Waals surface area contributed by atoms with Crippen LogP contribution in [0.3, 0.4) is 0 Å². The van der Waals surface area contributed by atoms with Crippen LogP contribution < -0.4 is 0 Å². The lowest BCUT2D eigenvalue weighted by Crippen LogP contribution is -2.09. The number of fused-ring (bicyclic) bond motifs is 3. The lowest BCUT2D eigenvalue weighted by molar-refractivity contribution is 0.189. The minimum atomic E-state index is 0.610. The maximum absolute atomic E-state index is 5.15. The van der Waals surface area contributed by atoms with Crippen molar-refractivity contribution in [3.05, 3.63) is 77.9 Å². The molecular weight excluding hydrogens is 476 g/mol. The van der Waals surface area contributed by atoms with Gasteiger partial charge in [0.1, 0.15) is 5.82 Å². The van der Waals surface area contributed by atoms with Crippen molar-refractivity contribution in [3.8, 4) is 33.6 Å². The first-order valence-corrected chi connectivity index (χ1v) is 13.2. The van der Waals surface area contributed by atoms with Gasteiger partial charge in [0.05, 0.1) is 35.4 Å². The fourth-order valence-corrected chi connectivity index (χ4v) is 5.18. The largest absolute Gasteiger partial charge is 0.385 e. The van der Waals surface area contributed by atoms with E-state index in [1.807, 2.05) is 45.7 Å². The molecule has 0 spiro atoms. The molecule has 0 aliphatic heterocycles. The molecule has 4 heterocycles. The molecule has 0 N–H and O–H groups in total. The number of rotatable bonds is 9. The molecule has 0 unspecified atom stereocenters. The Bertz CT molecular complexity index is 1560. The summed E-state index contributed by atoms with van der Waals surface area (Å²) in [6.07, 6.45) is 11.3. The van der Waals surface area contributed by atoms with E-state index in [4.69, 9.17) is 14.8 Å². The topological polar surface area (TPSA) is 88.5 Å². The van der Waals surface area contributed by atoms with Gasteiger partial charge in [-0.2, -0.15) is 15.3 Å². The number of aromatic nitrogens is 8. The highest BCUT2D eigenvalue weighted by Gasteiger charge is 2.27. The van der Waals surface area contributed by atoms with Crippen molar-refractivity contribution in [2.45, 2.75) is 45.7 Å². The molecule has 38 heavy (non-hydrogen) atoms. The zero-order valence-electron chi connectivity index (χ0n) is 22.1. The van der Waals surface area contributed by atoms with Crippen LogP contribution in [-0.4, -0.2) is 53.0 Å². The van der Waals surface area contributed by atoms with Gasteiger partial charge in [-0.15, -0.1) is 0 Å². The highest BCUT2D eigenvalue weighted by atomic mass is 16.5. The smallest absolute Gasteiger partial charge is 0.134 e. The number of ether oxygens (including phenoxy) is 1. The summed E-state index contributed by atoms with van der Waals surface area (Å²) < 4.78 is 11.1. The Morgan fingerprint density at radius 2 is 1.79 bits per heavy atom. The average Bonchev–Trinajstić information content (AvgIpc) is 3.67. The quantitative estimate of drug-likeness (QED) is 0.275. The molecule has 0 saturated carbocycles. The van der Waals surface area contributed by atoms with Crippen molar-refractivity contribution >= 4 is 0 Å². The van der Waals surface area contributed by atoms with Crippen LogP contribution in [-0.2, 0) is 44.1 Å².